The van der Waals surface area contributed by atoms with Crippen LogP contribution in [0, 0.1) is 40.4 Å². The molecule has 5 unspecified atom stereocenters. The summed E-state index contributed by atoms with van der Waals surface area (Å²) in [4.78, 5) is 12.2. The number of allylic oxidation sites excluding steroid dienone is 1. The third-order valence-electron chi connectivity index (χ3n) is 9.98. The fourth-order valence-corrected chi connectivity index (χ4v) is 8.44. The van der Waals surface area contributed by atoms with Crippen molar-refractivity contribution < 1.29 is 14.3 Å². The van der Waals surface area contributed by atoms with Gasteiger partial charge in [0.05, 0.1) is 13.2 Å². The summed E-state index contributed by atoms with van der Waals surface area (Å²) in [7, 11) is 0. The number of carbonyl (C=O) groups excluding carboxylic acids is 1. The molecule has 1 heterocycles. The van der Waals surface area contributed by atoms with Crippen molar-refractivity contribution in [3.8, 4) is 0 Å². The molecular formula is C25H38O3. The second-order valence-electron chi connectivity index (χ2n) is 10.9. The lowest BCUT2D eigenvalue weighted by molar-refractivity contribution is -0.119. The first kappa shape index (κ1) is 19.3. The van der Waals surface area contributed by atoms with Crippen LogP contribution < -0.4 is 0 Å². The Hall–Kier alpha value is -0.670. The maximum absolute atomic E-state index is 12.2. The molecule has 0 radical (unpaired) electrons. The van der Waals surface area contributed by atoms with Crippen molar-refractivity contribution in [2.75, 3.05) is 13.2 Å². The Morgan fingerprint density at radius 3 is 2.61 bits per heavy atom. The number of fused-ring (bicyclic) bond motifs is 5. The lowest BCUT2D eigenvalue weighted by Gasteiger charge is -2.60. The molecule has 0 amide bonds. The average Bonchev–Trinajstić information content (AvgIpc) is 3.30. The van der Waals surface area contributed by atoms with Crippen molar-refractivity contribution in [1.29, 1.82) is 0 Å². The third-order valence-corrected chi connectivity index (χ3v) is 9.98. The maximum Gasteiger partial charge on any atom is 0.158 e. The molecule has 0 aromatic heterocycles. The summed E-state index contributed by atoms with van der Waals surface area (Å²) < 4.78 is 11.6. The van der Waals surface area contributed by atoms with Crippen LogP contribution in [0.3, 0.4) is 0 Å². The van der Waals surface area contributed by atoms with Gasteiger partial charge < -0.3 is 9.47 Å². The van der Waals surface area contributed by atoms with Gasteiger partial charge in [0, 0.05) is 12.8 Å². The van der Waals surface area contributed by atoms with Crippen molar-refractivity contribution in [2.24, 2.45) is 40.4 Å². The van der Waals surface area contributed by atoms with E-state index < -0.39 is 0 Å². The zero-order valence-corrected chi connectivity index (χ0v) is 18.0. The van der Waals surface area contributed by atoms with Gasteiger partial charge in [-0.25, -0.2) is 0 Å². The van der Waals surface area contributed by atoms with E-state index in [1.54, 1.807) is 0 Å². The van der Waals surface area contributed by atoms with E-state index in [1.165, 1.54) is 44.1 Å². The van der Waals surface area contributed by atoms with E-state index in [0.717, 1.165) is 56.1 Å². The van der Waals surface area contributed by atoms with Gasteiger partial charge in [0.15, 0.2) is 12.1 Å². The number of ketones is 1. The van der Waals surface area contributed by atoms with Gasteiger partial charge in [0.1, 0.15) is 0 Å². The minimum atomic E-state index is 0.0458. The molecule has 0 aromatic carbocycles. The van der Waals surface area contributed by atoms with Gasteiger partial charge in [0.2, 0.25) is 0 Å². The van der Waals surface area contributed by atoms with Crippen LogP contribution in [-0.2, 0) is 14.3 Å². The number of rotatable bonds is 3. The molecule has 28 heavy (non-hydrogen) atoms. The monoisotopic (exact) mass is 386 g/mol. The zero-order chi connectivity index (χ0) is 19.5. The molecule has 3 saturated carbocycles. The summed E-state index contributed by atoms with van der Waals surface area (Å²) in [5.74, 6) is 4.22. The first-order valence-corrected chi connectivity index (χ1v) is 11.9. The molecule has 7 atom stereocenters. The van der Waals surface area contributed by atoms with Gasteiger partial charge in [-0.15, -0.1) is 0 Å². The average molecular weight is 387 g/mol. The predicted molar refractivity (Wildman–Crippen MR) is 110 cm³/mol. The standard InChI is InChI=1S/C25H38O3/c1-4-16-13-19-20-6-5-17(14-23-27-11-12-28-23)24(20,2)10-8-21(19)25(3)9-7-18(26)15-22(16)25/h15-17,19-21,23H,4-14H2,1-3H3/t16-,17-,19?,20?,21?,24?,25?/m1/s1. The van der Waals surface area contributed by atoms with Crippen LogP contribution in [-0.4, -0.2) is 25.3 Å². The minimum absolute atomic E-state index is 0.0458. The first-order valence-electron chi connectivity index (χ1n) is 11.9. The summed E-state index contributed by atoms with van der Waals surface area (Å²) in [6.07, 6.45) is 13.0. The van der Waals surface area contributed by atoms with Gasteiger partial charge in [-0.3, -0.25) is 4.79 Å². The highest BCUT2D eigenvalue weighted by molar-refractivity contribution is 5.91. The normalized spacial score (nSPS) is 48.8. The number of hydrogen-bond acceptors (Lipinski definition) is 3. The molecule has 1 saturated heterocycles. The molecule has 0 aromatic rings. The van der Waals surface area contributed by atoms with Crippen molar-refractivity contribution >= 4 is 5.78 Å². The van der Waals surface area contributed by atoms with Crippen LogP contribution in [0.1, 0.15) is 78.6 Å². The Labute approximate surface area is 170 Å². The van der Waals surface area contributed by atoms with Crippen molar-refractivity contribution in [2.45, 2.75) is 84.8 Å². The molecule has 3 nitrogen and oxygen atoms in total. The van der Waals surface area contributed by atoms with Gasteiger partial charge in [0.25, 0.3) is 0 Å². The zero-order valence-electron chi connectivity index (χ0n) is 18.0. The second kappa shape index (κ2) is 6.94. The van der Waals surface area contributed by atoms with Crippen molar-refractivity contribution in [3.63, 3.8) is 0 Å². The van der Waals surface area contributed by atoms with E-state index in [-0.39, 0.29) is 11.7 Å². The summed E-state index contributed by atoms with van der Waals surface area (Å²) in [5.41, 5.74) is 2.25. The van der Waals surface area contributed by atoms with Crippen molar-refractivity contribution in [3.05, 3.63) is 11.6 Å². The number of carbonyl (C=O) groups is 1. The predicted octanol–water partition coefficient (Wildman–Crippen LogP) is 5.53. The highest BCUT2D eigenvalue weighted by Gasteiger charge is 2.60. The van der Waals surface area contributed by atoms with Crippen LogP contribution in [0.15, 0.2) is 11.6 Å². The van der Waals surface area contributed by atoms with Gasteiger partial charge in [-0.2, -0.15) is 0 Å². The molecule has 0 spiro atoms. The van der Waals surface area contributed by atoms with Crippen molar-refractivity contribution in [1.82, 2.24) is 0 Å². The fourth-order valence-electron chi connectivity index (χ4n) is 8.44. The Morgan fingerprint density at radius 2 is 1.86 bits per heavy atom. The molecule has 5 rings (SSSR count). The second-order valence-corrected chi connectivity index (χ2v) is 10.9. The molecule has 3 heteroatoms. The van der Waals surface area contributed by atoms with E-state index in [1.807, 2.05) is 0 Å². The lowest BCUT2D eigenvalue weighted by atomic mass is 9.45. The smallest absolute Gasteiger partial charge is 0.158 e. The molecule has 5 aliphatic rings. The number of ether oxygens (including phenoxy) is 2. The van der Waals surface area contributed by atoms with Gasteiger partial charge >= 0.3 is 0 Å². The molecule has 0 N–H and O–H groups in total. The Balaban J connectivity index is 1.42. The van der Waals surface area contributed by atoms with Gasteiger partial charge in [-0.1, -0.05) is 26.3 Å². The topological polar surface area (TPSA) is 35.5 Å². The van der Waals surface area contributed by atoms with Crippen LogP contribution in [0.25, 0.3) is 0 Å². The molecule has 156 valence electrons. The van der Waals surface area contributed by atoms with E-state index >= 15 is 0 Å². The summed E-state index contributed by atoms with van der Waals surface area (Å²) in [6.45, 7) is 8.98. The molecule has 4 aliphatic carbocycles. The third kappa shape index (κ3) is 2.79. The Bertz CT molecular complexity index is 663. The fraction of sp³-hybridized carbons (Fsp3) is 0.880. The lowest BCUT2D eigenvalue weighted by Crippen LogP contribution is -2.52. The Morgan fingerprint density at radius 1 is 1.07 bits per heavy atom. The van der Waals surface area contributed by atoms with E-state index in [0.29, 0.717) is 17.1 Å². The van der Waals surface area contributed by atoms with E-state index in [2.05, 4.69) is 26.8 Å². The molecule has 0 bridgehead atoms. The highest BCUT2D eigenvalue weighted by atomic mass is 16.7. The van der Waals surface area contributed by atoms with Crippen LogP contribution in [0.4, 0.5) is 0 Å². The summed E-state index contributed by atoms with van der Waals surface area (Å²) in [6, 6.07) is 0. The first-order chi connectivity index (χ1) is 13.5. The number of hydrogen-bond donors (Lipinski definition) is 0. The summed E-state index contributed by atoms with van der Waals surface area (Å²) in [5, 5.41) is 0. The van der Waals surface area contributed by atoms with Gasteiger partial charge in [-0.05, 0) is 91.4 Å². The van der Waals surface area contributed by atoms with E-state index in [4.69, 9.17) is 9.47 Å². The SMILES string of the molecule is CC[C@@H]1CC2C(CCC3(C)C2CC[C@@H]3CC2OCCO2)C2(C)CCC(=O)C=C12. The van der Waals surface area contributed by atoms with Crippen LogP contribution in [0.2, 0.25) is 0 Å². The highest BCUT2D eigenvalue weighted by Crippen LogP contribution is 2.68. The molecule has 1 aliphatic heterocycles. The maximum atomic E-state index is 12.2. The summed E-state index contributed by atoms with van der Waals surface area (Å²) >= 11 is 0. The molecular weight excluding hydrogens is 348 g/mol. The van der Waals surface area contributed by atoms with Crippen LogP contribution >= 0.6 is 0 Å². The quantitative estimate of drug-likeness (QED) is 0.639. The Kier molecular flexibility index (Phi) is 4.79. The van der Waals surface area contributed by atoms with Crippen LogP contribution in [0.5, 0.6) is 0 Å². The minimum Gasteiger partial charge on any atom is -0.350 e. The largest absolute Gasteiger partial charge is 0.350 e. The molecule has 4 fully saturated rings. The van der Waals surface area contributed by atoms with E-state index in [9.17, 15) is 4.79 Å².